The number of para-hydroxylation sites is 1. The highest BCUT2D eigenvalue weighted by Crippen LogP contribution is 2.21. The van der Waals surface area contributed by atoms with Crippen molar-refractivity contribution in [2.45, 2.75) is 18.9 Å². The van der Waals surface area contributed by atoms with E-state index >= 15 is 0 Å². The van der Waals surface area contributed by atoms with Gasteiger partial charge >= 0.3 is 0 Å². The van der Waals surface area contributed by atoms with Crippen molar-refractivity contribution in [1.29, 1.82) is 0 Å². The van der Waals surface area contributed by atoms with Gasteiger partial charge in [-0.1, -0.05) is 18.2 Å². The first-order valence-corrected chi connectivity index (χ1v) is 6.65. The van der Waals surface area contributed by atoms with Gasteiger partial charge in [-0.25, -0.2) is 0 Å². The number of fused-ring (bicyclic) bond motifs is 1. The molecule has 0 saturated carbocycles. The van der Waals surface area contributed by atoms with E-state index in [0.717, 1.165) is 24.1 Å². The summed E-state index contributed by atoms with van der Waals surface area (Å²) < 4.78 is 5.05. The predicted molar refractivity (Wildman–Crippen MR) is 75.2 cm³/mol. The summed E-state index contributed by atoms with van der Waals surface area (Å²) in [6.07, 6.45) is 1.58. The maximum atomic E-state index is 12.1. The average Bonchev–Trinajstić information content (AvgIpc) is 2.57. The fraction of sp³-hybridized carbons (Fsp3) is 0.429. The molecule has 0 aliphatic carbocycles. The molecule has 0 radical (unpaired) electrons. The van der Waals surface area contributed by atoms with Gasteiger partial charge in [0.05, 0.1) is 12.6 Å². The number of ether oxygens (including phenoxy) is 1. The van der Waals surface area contributed by atoms with E-state index in [0.29, 0.717) is 13.2 Å². The van der Waals surface area contributed by atoms with E-state index < -0.39 is 5.91 Å². The van der Waals surface area contributed by atoms with Gasteiger partial charge in [0.15, 0.2) is 0 Å². The van der Waals surface area contributed by atoms with Crippen molar-refractivity contribution in [2.75, 3.05) is 25.1 Å². The Kier molecular flexibility index (Phi) is 5.09. The molecule has 1 heterocycles. The van der Waals surface area contributed by atoms with E-state index in [9.17, 15) is 9.59 Å². The minimum absolute atomic E-state index is 0.0372. The van der Waals surface area contributed by atoms with Crippen molar-refractivity contribution < 1.29 is 14.3 Å². The second-order valence-corrected chi connectivity index (χ2v) is 4.71. The molecule has 1 atom stereocenters. The zero-order chi connectivity index (χ0) is 14.4. The molecule has 1 aromatic carbocycles. The lowest BCUT2D eigenvalue weighted by Gasteiger charge is -2.15. The Bertz CT molecular complexity index is 490. The van der Waals surface area contributed by atoms with Crippen molar-refractivity contribution in [3.05, 3.63) is 29.8 Å². The first kappa shape index (κ1) is 14.5. The van der Waals surface area contributed by atoms with Crippen LogP contribution in [-0.4, -0.2) is 37.6 Å². The van der Waals surface area contributed by atoms with Crippen LogP contribution in [0.3, 0.4) is 0 Å². The fourth-order valence-corrected chi connectivity index (χ4v) is 2.18. The summed E-state index contributed by atoms with van der Waals surface area (Å²) in [5.74, 6) is -0.530. The molecule has 1 aliphatic heterocycles. The van der Waals surface area contributed by atoms with E-state index in [1.165, 1.54) is 0 Å². The van der Waals surface area contributed by atoms with Crippen LogP contribution in [-0.2, 0) is 20.7 Å². The number of nitrogens with two attached hydrogens (primary N) is 1. The number of anilines is 1. The van der Waals surface area contributed by atoms with E-state index in [-0.39, 0.29) is 18.6 Å². The van der Waals surface area contributed by atoms with Crippen molar-refractivity contribution in [2.24, 2.45) is 5.73 Å². The quantitative estimate of drug-likeness (QED) is 0.640. The van der Waals surface area contributed by atoms with E-state index in [2.05, 4.69) is 10.6 Å². The topological polar surface area (TPSA) is 93.5 Å². The number of hydrogen-bond acceptors (Lipinski definition) is 4. The van der Waals surface area contributed by atoms with Gasteiger partial charge in [0.2, 0.25) is 11.8 Å². The lowest BCUT2D eigenvalue weighted by molar-refractivity contribution is -0.122. The van der Waals surface area contributed by atoms with Gasteiger partial charge < -0.3 is 21.1 Å². The summed E-state index contributed by atoms with van der Waals surface area (Å²) in [5, 5.41) is 6.05. The normalized spacial score (nSPS) is 18.0. The zero-order valence-corrected chi connectivity index (χ0v) is 11.2. The Morgan fingerprint density at radius 3 is 3.05 bits per heavy atom. The van der Waals surface area contributed by atoms with Gasteiger partial charge in [-0.15, -0.1) is 0 Å². The van der Waals surface area contributed by atoms with Crippen LogP contribution in [0, 0.1) is 0 Å². The number of aryl methyl sites for hydroxylation is 1. The second-order valence-electron chi connectivity index (χ2n) is 4.71. The Morgan fingerprint density at radius 1 is 1.45 bits per heavy atom. The highest BCUT2D eigenvalue weighted by molar-refractivity contribution is 5.96. The lowest BCUT2D eigenvalue weighted by Crippen LogP contribution is -2.41. The molecule has 1 aliphatic rings. The molecule has 20 heavy (non-hydrogen) atoms. The van der Waals surface area contributed by atoms with Crippen LogP contribution in [0.1, 0.15) is 12.0 Å². The highest BCUT2D eigenvalue weighted by atomic mass is 16.5. The molecule has 108 valence electrons. The van der Waals surface area contributed by atoms with E-state index in [4.69, 9.17) is 10.5 Å². The molecular weight excluding hydrogens is 258 g/mol. The van der Waals surface area contributed by atoms with Gasteiger partial charge in [0, 0.05) is 12.2 Å². The SMILES string of the molecule is NC(=O)COCCNC1CCc2ccccc2NC1=O. The van der Waals surface area contributed by atoms with Crippen LogP contribution in [0.25, 0.3) is 0 Å². The van der Waals surface area contributed by atoms with Gasteiger partial charge in [0.1, 0.15) is 6.61 Å². The van der Waals surface area contributed by atoms with Crippen molar-refractivity contribution in [3.8, 4) is 0 Å². The molecular formula is C14H19N3O3. The number of hydrogen-bond donors (Lipinski definition) is 3. The largest absolute Gasteiger partial charge is 0.370 e. The van der Waals surface area contributed by atoms with Crippen LogP contribution >= 0.6 is 0 Å². The number of carbonyl (C=O) groups excluding carboxylic acids is 2. The van der Waals surface area contributed by atoms with Gasteiger partial charge in [-0.05, 0) is 24.5 Å². The number of primary amides is 1. The molecule has 6 heteroatoms. The monoisotopic (exact) mass is 277 g/mol. The Morgan fingerprint density at radius 2 is 2.25 bits per heavy atom. The van der Waals surface area contributed by atoms with Crippen LogP contribution in [0.15, 0.2) is 24.3 Å². The average molecular weight is 277 g/mol. The number of carbonyl (C=O) groups is 2. The Balaban J connectivity index is 1.80. The number of nitrogens with one attached hydrogen (secondary N) is 2. The molecule has 2 rings (SSSR count). The van der Waals surface area contributed by atoms with Crippen molar-refractivity contribution >= 4 is 17.5 Å². The van der Waals surface area contributed by atoms with Crippen LogP contribution < -0.4 is 16.4 Å². The molecule has 0 fully saturated rings. The first-order valence-electron chi connectivity index (χ1n) is 6.65. The van der Waals surface area contributed by atoms with Crippen LogP contribution in [0.5, 0.6) is 0 Å². The van der Waals surface area contributed by atoms with Gasteiger partial charge in [-0.3, -0.25) is 9.59 Å². The third kappa shape index (κ3) is 4.04. The third-order valence-corrected chi connectivity index (χ3v) is 3.18. The summed E-state index contributed by atoms with van der Waals surface area (Å²) in [7, 11) is 0. The molecule has 0 spiro atoms. The highest BCUT2D eigenvalue weighted by Gasteiger charge is 2.22. The number of rotatable bonds is 6. The molecule has 4 N–H and O–H groups in total. The number of benzene rings is 1. The Hall–Kier alpha value is -1.92. The minimum atomic E-state index is -0.493. The Labute approximate surface area is 117 Å². The maximum Gasteiger partial charge on any atom is 0.243 e. The number of amides is 2. The molecule has 0 aromatic heterocycles. The smallest absolute Gasteiger partial charge is 0.243 e. The summed E-state index contributed by atoms with van der Waals surface area (Å²) in [4.78, 5) is 22.6. The van der Waals surface area contributed by atoms with Gasteiger partial charge in [0.25, 0.3) is 0 Å². The first-order chi connectivity index (χ1) is 9.66. The third-order valence-electron chi connectivity index (χ3n) is 3.18. The molecule has 0 bridgehead atoms. The molecule has 2 amide bonds. The minimum Gasteiger partial charge on any atom is -0.370 e. The molecule has 1 aromatic rings. The predicted octanol–water partition coefficient (Wildman–Crippen LogP) is 0.0314. The molecule has 6 nitrogen and oxygen atoms in total. The molecule has 1 unspecified atom stereocenters. The van der Waals surface area contributed by atoms with E-state index in [1.807, 2.05) is 24.3 Å². The van der Waals surface area contributed by atoms with Crippen molar-refractivity contribution in [3.63, 3.8) is 0 Å². The van der Waals surface area contributed by atoms with Gasteiger partial charge in [-0.2, -0.15) is 0 Å². The second kappa shape index (κ2) is 7.02. The van der Waals surface area contributed by atoms with Crippen LogP contribution in [0.2, 0.25) is 0 Å². The standard InChI is InChI=1S/C14H19N3O3/c15-13(18)9-20-8-7-16-12-6-5-10-3-1-2-4-11(10)17-14(12)19/h1-4,12,16H,5-9H2,(H2,15,18)(H,17,19). The summed E-state index contributed by atoms with van der Waals surface area (Å²) >= 11 is 0. The zero-order valence-electron chi connectivity index (χ0n) is 11.2. The summed E-state index contributed by atoms with van der Waals surface area (Å²) in [6.45, 7) is 0.755. The van der Waals surface area contributed by atoms with E-state index in [1.54, 1.807) is 0 Å². The lowest BCUT2D eigenvalue weighted by atomic mass is 10.1. The molecule has 0 saturated heterocycles. The summed E-state index contributed by atoms with van der Waals surface area (Å²) in [5.41, 5.74) is 6.99. The fourth-order valence-electron chi connectivity index (χ4n) is 2.18. The van der Waals surface area contributed by atoms with Crippen molar-refractivity contribution in [1.82, 2.24) is 5.32 Å². The maximum absolute atomic E-state index is 12.1. The summed E-state index contributed by atoms with van der Waals surface area (Å²) in [6, 6.07) is 7.56. The van der Waals surface area contributed by atoms with Crippen LogP contribution in [0.4, 0.5) is 5.69 Å².